The molecule has 98 valence electrons. The summed E-state index contributed by atoms with van der Waals surface area (Å²) in [5.41, 5.74) is 0.882. The largest absolute Gasteiger partial charge is 0.477 e. The van der Waals surface area contributed by atoms with Crippen molar-refractivity contribution in [2.45, 2.75) is 45.6 Å². The maximum absolute atomic E-state index is 11.2. The molecule has 2 rings (SSSR count). The highest BCUT2D eigenvalue weighted by Gasteiger charge is 2.23. The number of aryl methyl sites for hydroxylation is 1. The molecule has 1 fully saturated rings. The van der Waals surface area contributed by atoms with Gasteiger partial charge < -0.3 is 9.84 Å². The second-order valence-corrected chi connectivity index (χ2v) is 5.11. The molecule has 0 saturated heterocycles. The first-order valence-electron chi connectivity index (χ1n) is 6.43. The molecule has 0 amide bonds. The van der Waals surface area contributed by atoms with E-state index < -0.39 is 5.97 Å². The summed E-state index contributed by atoms with van der Waals surface area (Å²) in [5, 5.41) is 9.20. The Morgan fingerprint density at radius 1 is 1.39 bits per heavy atom. The number of carboxylic acids is 1. The Labute approximate surface area is 107 Å². The molecule has 0 unspecified atom stereocenters. The van der Waals surface area contributed by atoms with Crippen molar-refractivity contribution in [1.82, 2.24) is 4.98 Å². The van der Waals surface area contributed by atoms with Gasteiger partial charge in [0.05, 0.1) is 0 Å². The van der Waals surface area contributed by atoms with Crippen LogP contribution in [0.2, 0.25) is 0 Å². The Morgan fingerprint density at radius 3 is 2.67 bits per heavy atom. The summed E-state index contributed by atoms with van der Waals surface area (Å²) in [6, 6.07) is 1.69. The fourth-order valence-electron chi connectivity index (χ4n) is 2.39. The lowest BCUT2D eigenvalue weighted by atomic mass is 9.89. The molecule has 0 bridgehead atoms. The van der Waals surface area contributed by atoms with Crippen molar-refractivity contribution in [1.29, 1.82) is 0 Å². The summed E-state index contributed by atoms with van der Waals surface area (Å²) >= 11 is 0. The summed E-state index contributed by atoms with van der Waals surface area (Å²) < 4.78 is 5.78. The Morgan fingerprint density at radius 2 is 2.06 bits per heavy atom. The lowest BCUT2D eigenvalue weighted by molar-refractivity contribution is 0.0680. The smallest absolute Gasteiger partial charge is 0.341 e. The first-order valence-corrected chi connectivity index (χ1v) is 6.43. The van der Waals surface area contributed by atoms with Crippen LogP contribution in [0.15, 0.2) is 12.3 Å². The van der Waals surface area contributed by atoms with Gasteiger partial charge in [0, 0.05) is 6.20 Å². The van der Waals surface area contributed by atoms with Gasteiger partial charge in [-0.25, -0.2) is 9.78 Å². The van der Waals surface area contributed by atoms with Crippen LogP contribution in [0, 0.1) is 12.8 Å². The zero-order valence-corrected chi connectivity index (χ0v) is 10.8. The Balaban J connectivity index is 2.14. The molecule has 4 heteroatoms. The molecule has 1 aliphatic carbocycles. The molecular weight excluding hydrogens is 230 g/mol. The van der Waals surface area contributed by atoms with Gasteiger partial charge >= 0.3 is 5.97 Å². The van der Waals surface area contributed by atoms with Crippen LogP contribution in [-0.4, -0.2) is 22.2 Å². The Bertz CT molecular complexity index is 437. The topological polar surface area (TPSA) is 59.4 Å². The van der Waals surface area contributed by atoms with Crippen molar-refractivity contribution in [3.63, 3.8) is 0 Å². The third kappa shape index (κ3) is 2.81. The number of aromatic nitrogens is 1. The van der Waals surface area contributed by atoms with Gasteiger partial charge in [0.15, 0.2) is 0 Å². The number of hydrogen-bond donors (Lipinski definition) is 1. The van der Waals surface area contributed by atoms with Crippen molar-refractivity contribution < 1.29 is 14.6 Å². The van der Waals surface area contributed by atoms with E-state index in [2.05, 4.69) is 11.9 Å². The summed E-state index contributed by atoms with van der Waals surface area (Å²) in [5.74, 6) is 0.0380. The predicted molar refractivity (Wildman–Crippen MR) is 68.0 cm³/mol. The van der Waals surface area contributed by atoms with Crippen molar-refractivity contribution in [2.75, 3.05) is 0 Å². The lowest BCUT2D eigenvalue weighted by Crippen LogP contribution is -2.24. The van der Waals surface area contributed by atoms with Crippen LogP contribution in [0.5, 0.6) is 5.88 Å². The van der Waals surface area contributed by atoms with Crippen molar-refractivity contribution >= 4 is 5.97 Å². The van der Waals surface area contributed by atoms with Crippen LogP contribution in [0.1, 0.15) is 48.5 Å². The fourth-order valence-corrected chi connectivity index (χ4v) is 2.39. The summed E-state index contributed by atoms with van der Waals surface area (Å²) in [6.07, 6.45) is 5.94. The minimum Gasteiger partial charge on any atom is -0.477 e. The van der Waals surface area contributed by atoms with Crippen LogP contribution >= 0.6 is 0 Å². The quantitative estimate of drug-likeness (QED) is 0.894. The minimum absolute atomic E-state index is 0.105. The van der Waals surface area contributed by atoms with E-state index in [-0.39, 0.29) is 17.5 Å². The third-order valence-electron chi connectivity index (χ3n) is 3.58. The predicted octanol–water partition coefficient (Wildman–Crippen LogP) is 3.05. The van der Waals surface area contributed by atoms with E-state index in [4.69, 9.17) is 4.74 Å². The van der Waals surface area contributed by atoms with Crippen LogP contribution in [0.3, 0.4) is 0 Å². The molecule has 1 aromatic heterocycles. The SMILES string of the molecule is Cc1ccnc(OC2CCC(C)CC2)c1C(=O)O. The molecule has 1 aliphatic rings. The molecule has 1 heterocycles. The number of ether oxygens (including phenoxy) is 1. The maximum Gasteiger partial charge on any atom is 0.341 e. The zero-order valence-electron chi connectivity index (χ0n) is 10.8. The van der Waals surface area contributed by atoms with Gasteiger partial charge in [0.1, 0.15) is 11.7 Å². The maximum atomic E-state index is 11.2. The Kier molecular flexibility index (Phi) is 3.84. The fraction of sp³-hybridized carbons (Fsp3) is 0.571. The summed E-state index contributed by atoms with van der Waals surface area (Å²) in [6.45, 7) is 4.00. The highest BCUT2D eigenvalue weighted by Crippen LogP contribution is 2.28. The molecule has 0 aliphatic heterocycles. The lowest BCUT2D eigenvalue weighted by Gasteiger charge is -2.26. The first kappa shape index (κ1) is 12.9. The monoisotopic (exact) mass is 249 g/mol. The molecule has 1 N–H and O–H groups in total. The number of carbonyl (C=O) groups is 1. The van der Waals surface area contributed by atoms with Crippen LogP contribution in [0.25, 0.3) is 0 Å². The third-order valence-corrected chi connectivity index (χ3v) is 3.58. The highest BCUT2D eigenvalue weighted by atomic mass is 16.5. The van der Waals surface area contributed by atoms with Gasteiger partial charge in [-0.1, -0.05) is 6.92 Å². The van der Waals surface area contributed by atoms with Gasteiger partial charge in [0.25, 0.3) is 0 Å². The normalized spacial score (nSPS) is 23.7. The zero-order chi connectivity index (χ0) is 13.1. The van der Waals surface area contributed by atoms with E-state index in [0.717, 1.165) is 31.6 Å². The van der Waals surface area contributed by atoms with Crippen molar-refractivity contribution in [2.24, 2.45) is 5.92 Å². The molecule has 0 atom stereocenters. The van der Waals surface area contributed by atoms with Gasteiger partial charge in [-0.3, -0.25) is 0 Å². The van der Waals surface area contributed by atoms with Gasteiger partial charge in [-0.2, -0.15) is 0 Å². The van der Waals surface area contributed by atoms with E-state index in [0.29, 0.717) is 5.56 Å². The molecule has 18 heavy (non-hydrogen) atoms. The van der Waals surface area contributed by atoms with Gasteiger partial charge in [-0.15, -0.1) is 0 Å². The number of pyridine rings is 1. The number of nitrogens with zero attached hydrogens (tertiary/aromatic N) is 1. The van der Waals surface area contributed by atoms with Crippen LogP contribution in [-0.2, 0) is 0 Å². The summed E-state index contributed by atoms with van der Waals surface area (Å²) in [7, 11) is 0. The molecular formula is C14H19NO3. The van der Waals surface area contributed by atoms with E-state index in [1.54, 1.807) is 19.2 Å². The number of rotatable bonds is 3. The van der Waals surface area contributed by atoms with E-state index >= 15 is 0 Å². The van der Waals surface area contributed by atoms with Gasteiger partial charge in [0.2, 0.25) is 5.88 Å². The standard InChI is InChI=1S/C14H19NO3/c1-9-3-5-11(6-4-9)18-13-12(14(16)17)10(2)7-8-15-13/h7-9,11H,3-6H2,1-2H3,(H,16,17). The first-order chi connectivity index (χ1) is 8.58. The Hall–Kier alpha value is -1.58. The second kappa shape index (κ2) is 5.38. The molecule has 0 radical (unpaired) electrons. The molecule has 0 aromatic carbocycles. The molecule has 4 nitrogen and oxygen atoms in total. The average Bonchev–Trinajstić information content (AvgIpc) is 2.32. The average molecular weight is 249 g/mol. The molecule has 1 saturated carbocycles. The van der Waals surface area contributed by atoms with E-state index in [1.807, 2.05) is 0 Å². The van der Waals surface area contributed by atoms with Crippen molar-refractivity contribution in [3.05, 3.63) is 23.4 Å². The van der Waals surface area contributed by atoms with Crippen LogP contribution in [0.4, 0.5) is 0 Å². The van der Waals surface area contributed by atoms with E-state index in [9.17, 15) is 9.90 Å². The van der Waals surface area contributed by atoms with E-state index in [1.165, 1.54) is 0 Å². The van der Waals surface area contributed by atoms with Crippen molar-refractivity contribution in [3.8, 4) is 5.88 Å². The highest BCUT2D eigenvalue weighted by molar-refractivity contribution is 5.91. The number of hydrogen-bond acceptors (Lipinski definition) is 3. The minimum atomic E-state index is -0.972. The summed E-state index contributed by atoms with van der Waals surface area (Å²) in [4.78, 5) is 15.3. The number of aromatic carboxylic acids is 1. The second-order valence-electron chi connectivity index (χ2n) is 5.11. The van der Waals surface area contributed by atoms with Gasteiger partial charge in [-0.05, 0) is 50.2 Å². The molecule has 1 aromatic rings. The molecule has 0 spiro atoms. The van der Waals surface area contributed by atoms with Crippen LogP contribution < -0.4 is 4.74 Å². The number of carboxylic acid groups (broad SMARTS) is 1.